The first kappa shape index (κ1) is 26.4. The zero-order valence-corrected chi connectivity index (χ0v) is 20.3. The highest BCUT2D eigenvalue weighted by molar-refractivity contribution is 14.0. The van der Waals surface area contributed by atoms with Gasteiger partial charge in [-0.05, 0) is 52.9 Å². The maximum Gasteiger partial charge on any atom is 0.407 e. The Bertz CT molecular complexity index is 598. The summed E-state index contributed by atoms with van der Waals surface area (Å²) in [6, 6.07) is 8.48. The number of guanidine groups is 1. The van der Waals surface area contributed by atoms with E-state index in [-0.39, 0.29) is 24.0 Å². The van der Waals surface area contributed by atoms with Crippen molar-refractivity contribution >= 4 is 36.0 Å². The number of rotatable bonds is 8. The molecule has 1 aromatic rings. The Labute approximate surface area is 186 Å². The lowest BCUT2D eigenvalue weighted by Gasteiger charge is -2.19. The molecule has 0 radical (unpaired) electrons. The molecule has 7 nitrogen and oxygen atoms in total. The predicted molar refractivity (Wildman–Crippen MR) is 126 cm³/mol. The van der Waals surface area contributed by atoms with Crippen molar-refractivity contribution in [2.45, 2.75) is 46.4 Å². The number of halogens is 1. The molecule has 3 N–H and O–H groups in total. The second-order valence-corrected chi connectivity index (χ2v) is 7.60. The second kappa shape index (κ2) is 13.6. The molecule has 0 saturated heterocycles. The summed E-state index contributed by atoms with van der Waals surface area (Å²) < 4.78 is 5.20. The van der Waals surface area contributed by atoms with E-state index >= 15 is 0 Å². The van der Waals surface area contributed by atoms with Crippen LogP contribution in [0.5, 0.6) is 0 Å². The molecule has 0 saturated carbocycles. The maximum atomic E-state index is 11.6. The molecule has 0 bridgehead atoms. The average molecular weight is 505 g/mol. The highest BCUT2D eigenvalue weighted by atomic mass is 127. The van der Waals surface area contributed by atoms with Crippen molar-refractivity contribution in [3.05, 3.63) is 35.4 Å². The minimum absolute atomic E-state index is 0. The van der Waals surface area contributed by atoms with Gasteiger partial charge in [-0.25, -0.2) is 9.79 Å². The predicted octanol–water partition coefficient (Wildman–Crippen LogP) is 2.95. The number of ether oxygens (including phenoxy) is 1. The molecular formula is C20H36IN5O2. The van der Waals surface area contributed by atoms with Crippen LogP contribution in [-0.4, -0.2) is 56.3 Å². The van der Waals surface area contributed by atoms with Crippen molar-refractivity contribution in [3.63, 3.8) is 0 Å². The Kier molecular flexibility index (Phi) is 12.8. The maximum absolute atomic E-state index is 11.6. The van der Waals surface area contributed by atoms with E-state index in [1.54, 1.807) is 0 Å². The number of hydrogen-bond donors (Lipinski definition) is 3. The van der Waals surface area contributed by atoms with Crippen LogP contribution in [0.4, 0.5) is 4.79 Å². The number of alkyl carbamates (subject to hydrolysis) is 1. The molecule has 1 amide bonds. The molecule has 8 heteroatoms. The molecule has 1 aromatic carbocycles. The molecule has 0 aromatic heterocycles. The lowest BCUT2D eigenvalue weighted by Crippen LogP contribution is -2.42. The number of aliphatic imine (C=N–C) groups is 1. The van der Waals surface area contributed by atoms with Crippen molar-refractivity contribution < 1.29 is 9.53 Å². The van der Waals surface area contributed by atoms with Crippen LogP contribution in [0.15, 0.2) is 29.3 Å². The van der Waals surface area contributed by atoms with E-state index in [4.69, 9.17) is 4.74 Å². The third-order valence-corrected chi connectivity index (χ3v) is 3.37. The highest BCUT2D eigenvalue weighted by Gasteiger charge is 2.15. The second-order valence-electron chi connectivity index (χ2n) is 7.60. The van der Waals surface area contributed by atoms with Crippen molar-refractivity contribution in [2.75, 3.05) is 33.7 Å². The van der Waals surface area contributed by atoms with Crippen LogP contribution in [-0.2, 0) is 17.8 Å². The van der Waals surface area contributed by atoms with Crippen LogP contribution in [0.1, 0.15) is 38.8 Å². The molecule has 160 valence electrons. The lowest BCUT2D eigenvalue weighted by molar-refractivity contribution is 0.0529. The summed E-state index contributed by atoms with van der Waals surface area (Å²) in [4.78, 5) is 18.4. The van der Waals surface area contributed by atoms with Crippen LogP contribution in [0.3, 0.4) is 0 Å². The summed E-state index contributed by atoms with van der Waals surface area (Å²) in [7, 11) is 4.12. The highest BCUT2D eigenvalue weighted by Crippen LogP contribution is 2.07. The van der Waals surface area contributed by atoms with E-state index < -0.39 is 11.7 Å². The Morgan fingerprint density at radius 1 is 1.04 bits per heavy atom. The zero-order chi connectivity index (χ0) is 20.3. The first-order chi connectivity index (χ1) is 12.7. The summed E-state index contributed by atoms with van der Waals surface area (Å²) in [5.74, 6) is 0.723. The summed E-state index contributed by atoms with van der Waals surface area (Å²) >= 11 is 0. The lowest BCUT2D eigenvalue weighted by atomic mass is 10.1. The number of amides is 1. The Morgan fingerprint density at radius 3 is 2.14 bits per heavy atom. The Morgan fingerprint density at radius 2 is 1.61 bits per heavy atom. The molecular weight excluding hydrogens is 469 g/mol. The summed E-state index contributed by atoms with van der Waals surface area (Å²) in [6.07, 6.45) is -0.413. The third-order valence-electron chi connectivity index (χ3n) is 3.37. The molecule has 0 unspecified atom stereocenters. The summed E-state index contributed by atoms with van der Waals surface area (Å²) in [5.41, 5.74) is 1.95. The van der Waals surface area contributed by atoms with Crippen molar-refractivity contribution in [3.8, 4) is 0 Å². The van der Waals surface area contributed by atoms with E-state index in [1.807, 2.05) is 27.7 Å². The van der Waals surface area contributed by atoms with Gasteiger partial charge in [-0.3, -0.25) is 0 Å². The smallest absolute Gasteiger partial charge is 0.407 e. The minimum Gasteiger partial charge on any atom is -0.444 e. The Balaban J connectivity index is 0.00000729. The molecule has 0 aliphatic carbocycles. The summed E-state index contributed by atoms with van der Waals surface area (Å²) in [6.45, 7) is 10.9. The number of benzene rings is 1. The van der Waals surface area contributed by atoms with Gasteiger partial charge in [0.25, 0.3) is 0 Å². The molecule has 0 atom stereocenters. The molecule has 0 aliphatic heterocycles. The largest absolute Gasteiger partial charge is 0.444 e. The van der Waals surface area contributed by atoms with Gasteiger partial charge in [0.15, 0.2) is 5.96 Å². The first-order valence-corrected chi connectivity index (χ1v) is 9.41. The van der Waals surface area contributed by atoms with Gasteiger partial charge in [0.05, 0.1) is 6.54 Å². The van der Waals surface area contributed by atoms with Gasteiger partial charge in [0.2, 0.25) is 0 Å². The van der Waals surface area contributed by atoms with Gasteiger partial charge in [-0.2, -0.15) is 0 Å². The fourth-order valence-electron chi connectivity index (χ4n) is 2.29. The quantitative estimate of drug-likeness (QED) is 0.219. The van der Waals surface area contributed by atoms with Gasteiger partial charge >= 0.3 is 6.09 Å². The molecule has 0 heterocycles. The van der Waals surface area contributed by atoms with E-state index in [1.165, 1.54) is 5.56 Å². The normalized spacial score (nSPS) is 11.6. The van der Waals surface area contributed by atoms with E-state index in [9.17, 15) is 4.79 Å². The number of nitrogens with zero attached hydrogens (tertiary/aromatic N) is 2. The van der Waals surface area contributed by atoms with Crippen molar-refractivity contribution in [2.24, 2.45) is 4.99 Å². The van der Waals surface area contributed by atoms with Crippen molar-refractivity contribution in [1.82, 2.24) is 20.9 Å². The minimum atomic E-state index is -0.490. The molecule has 28 heavy (non-hydrogen) atoms. The van der Waals surface area contributed by atoms with E-state index in [0.29, 0.717) is 19.6 Å². The first-order valence-electron chi connectivity index (χ1n) is 9.41. The van der Waals surface area contributed by atoms with Gasteiger partial charge in [0.1, 0.15) is 5.60 Å². The van der Waals surface area contributed by atoms with E-state index in [0.717, 1.165) is 24.6 Å². The van der Waals surface area contributed by atoms with Crippen molar-refractivity contribution in [1.29, 1.82) is 0 Å². The van der Waals surface area contributed by atoms with Gasteiger partial charge in [0, 0.05) is 26.2 Å². The van der Waals surface area contributed by atoms with Crippen LogP contribution >= 0.6 is 24.0 Å². The van der Waals surface area contributed by atoms with Gasteiger partial charge < -0.3 is 25.6 Å². The molecule has 1 rings (SSSR count). The standard InChI is InChI=1S/C20H35N5O2.HI/c1-7-21-18(22-12-13-23-19(26)27-20(2,3)4)24-14-16-8-10-17(11-9-16)15-25(5)6;/h8-11H,7,12-15H2,1-6H3,(H,23,26)(H2,21,22,24);1H. The molecule has 0 fully saturated rings. The average Bonchev–Trinajstić information content (AvgIpc) is 2.55. The van der Waals surface area contributed by atoms with Crippen LogP contribution in [0, 0.1) is 0 Å². The number of carbonyl (C=O) groups is 1. The molecule has 0 aliphatic rings. The van der Waals surface area contributed by atoms with Crippen LogP contribution in [0.25, 0.3) is 0 Å². The van der Waals surface area contributed by atoms with E-state index in [2.05, 4.69) is 64.2 Å². The number of carbonyl (C=O) groups excluding carboxylic acids is 1. The van der Waals surface area contributed by atoms with Crippen LogP contribution in [0.2, 0.25) is 0 Å². The van der Waals surface area contributed by atoms with Gasteiger partial charge in [-0.15, -0.1) is 24.0 Å². The number of nitrogens with one attached hydrogen (secondary N) is 3. The number of hydrogen-bond acceptors (Lipinski definition) is 4. The zero-order valence-electron chi connectivity index (χ0n) is 18.0. The Hall–Kier alpha value is -1.55. The van der Waals surface area contributed by atoms with Crippen LogP contribution < -0.4 is 16.0 Å². The monoisotopic (exact) mass is 505 g/mol. The molecule has 0 spiro atoms. The SMILES string of the molecule is CCNC(=NCc1ccc(CN(C)C)cc1)NCCNC(=O)OC(C)(C)C.I. The fourth-order valence-corrected chi connectivity index (χ4v) is 2.29. The van der Waals surface area contributed by atoms with Gasteiger partial charge in [-0.1, -0.05) is 24.3 Å². The summed E-state index contributed by atoms with van der Waals surface area (Å²) in [5, 5.41) is 9.14. The third kappa shape index (κ3) is 12.8. The fraction of sp³-hybridized carbons (Fsp3) is 0.600. The topological polar surface area (TPSA) is 78.0 Å².